The third-order valence-electron chi connectivity index (χ3n) is 3.71. The summed E-state index contributed by atoms with van der Waals surface area (Å²) in [5.41, 5.74) is 0. The zero-order valence-corrected chi connectivity index (χ0v) is 13.4. The quantitative estimate of drug-likeness (QED) is 0.863. The van der Waals surface area contributed by atoms with Crippen molar-refractivity contribution in [2.75, 3.05) is 20.1 Å². The zero-order chi connectivity index (χ0) is 14.5. The molecule has 1 aromatic rings. The Morgan fingerprint density at radius 3 is 2.75 bits per heavy atom. The zero-order valence-electron chi connectivity index (χ0n) is 12.6. The van der Waals surface area contributed by atoms with E-state index in [9.17, 15) is 0 Å². The lowest BCUT2D eigenvalue weighted by Crippen LogP contribution is -2.50. The molecule has 1 fully saturated rings. The SMILES string of the molecule is CC(C)NC(=S)N(Cc1ccco1)C1CCN(C)CC1. The highest BCUT2D eigenvalue weighted by Gasteiger charge is 2.26. The van der Waals surface area contributed by atoms with Crippen LogP contribution in [0.25, 0.3) is 0 Å². The first-order chi connectivity index (χ1) is 9.56. The molecule has 0 aromatic carbocycles. The number of piperidine rings is 1. The Balaban J connectivity index is 2.04. The monoisotopic (exact) mass is 295 g/mol. The van der Waals surface area contributed by atoms with Crippen LogP contribution in [0.2, 0.25) is 0 Å². The van der Waals surface area contributed by atoms with Crippen LogP contribution in [0, 0.1) is 0 Å². The van der Waals surface area contributed by atoms with Crippen LogP contribution in [0.15, 0.2) is 22.8 Å². The Bertz CT molecular complexity index is 411. The van der Waals surface area contributed by atoms with E-state index >= 15 is 0 Å². The molecule has 0 unspecified atom stereocenters. The van der Waals surface area contributed by atoms with Gasteiger partial charge in [0, 0.05) is 12.1 Å². The van der Waals surface area contributed by atoms with Gasteiger partial charge in [-0.1, -0.05) is 0 Å². The van der Waals surface area contributed by atoms with Gasteiger partial charge in [0.15, 0.2) is 5.11 Å². The molecule has 1 aliphatic heterocycles. The van der Waals surface area contributed by atoms with Crippen molar-refractivity contribution in [3.63, 3.8) is 0 Å². The fourth-order valence-electron chi connectivity index (χ4n) is 2.57. The second-order valence-electron chi connectivity index (χ2n) is 5.85. The molecular weight excluding hydrogens is 270 g/mol. The van der Waals surface area contributed by atoms with Gasteiger partial charge in [-0.3, -0.25) is 0 Å². The van der Waals surface area contributed by atoms with Crippen molar-refractivity contribution in [2.24, 2.45) is 0 Å². The number of thiocarbonyl (C=S) groups is 1. The van der Waals surface area contributed by atoms with Crippen molar-refractivity contribution < 1.29 is 4.42 Å². The molecule has 1 aromatic heterocycles. The van der Waals surface area contributed by atoms with Crippen molar-refractivity contribution in [1.29, 1.82) is 0 Å². The van der Waals surface area contributed by atoms with Gasteiger partial charge in [-0.2, -0.15) is 0 Å². The minimum Gasteiger partial charge on any atom is -0.467 e. The molecule has 1 aliphatic rings. The van der Waals surface area contributed by atoms with Gasteiger partial charge in [0.25, 0.3) is 0 Å². The lowest BCUT2D eigenvalue weighted by molar-refractivity contribution is 0.164. The molecule has 0 atom stereocenters. The maximum atomic E-state index is 5.59. The minimum atomic E-state index is 0.355. The molecule has 0 radical (unpaired) electrons. The Hall–Kier alpha value is -1.07. The molecule has 112 valence electrons. The van der Waals surface area contributed by atoms with Gasteiger partial charge >= 0.3 is 0 Å². The Labute approximate surface area is 127 Å². The number of nitrogens with zero attached hydrogens (tertiary/aromatic N) is 2. The molecule has 2 heterocycles. The van der Waals surface area contributed by atoms with Gasteiger partial charge in [0.1, 0.15) is 5.76 Å². The Kier molecular flexibility index (Phi) is 5.43. The van der Waals surface area contributed by atoms with Gasteiger partial charge in [-0.05, 0) is 71.2 Å². The average Bonchev–Trinajstić information content (AvgIpc) is 2.89. The van der Waals surface area contributed by atoms with E-state index in [-0.39, 0.29) is 0 Å². The third-order valence-corrected chi connectivity index (χ3v) is 4.06. The summed E-state index contributed by atoms with van der Waals surface area (Å²) >= 11 is 5.59. The van der Waals surface area contributed by atoms with Crippen LogP contribution in [0.4, 0.5) is 0 Å². The number of likely N-dealkylation sites (tertiary alicyclic amines) is 1. The first kappa shape index (κ1) is 15.3. The van der Waals surface area contributed by atoms with Crippen LogP contribution < -0.4 is 5.32 Å². The molecule has 1 N–H and O–H groups in total. The molecule has 4 nitrogen and oxygen atoms in total. The van der Waals surface area contributed by atoms with Gasteiger partial charge in [0.2, 0.25) is 0 Å². The number of hydrogen-bond acceptors (Lipinski definition) is 3. The van der Waals surface area contributed by atoms with Crippen molar-refractivity contribution >= 4 is 17.3 Å². The van der Waals surface area contributed by atoms with Crippen LogP contribution in [0.3, 0.4) is 0 Å². The molecule has 2 rings (SSSR count). The summed E-state index contributed by atoms with van der Waals surface area (Å²) in [5.74, 6) is 0.969. The number of furan rings is 1. The predicted octanol–water partition coefficient (Wildman–Crippen LogP) is 2.46. The summed E-state index contributed by atoms with van der Waals surface area (Å²) in [5, 5.41) is 4.20. The smallest absolute Gasteiger partial charge is 0.169 e. The predicted molar refractivity (Wildman–Crippen MR) is 85.6 cm³/mol. The molecule has 0 aliphatic carbocycles. The van der Waals surface area contributed by atoms with E-state index < -0.39 is 0 Å². The minimum absolute atomic E-state index is 0.355. The van der Waals surface area contributed by atoms with E-state index in [2.05, 4.69) is 36.0 Å². The maximum absolute atomic E-state index is 5.59. The first-order valence-electron chi connectivity index (χ1n) is 7.34. The Morgan fingerprint density at radius 2 is 2.20 bits per heavy atom. The van der Waals surface area contributed by atoms with Crippen molar-refractivity contribution in [2.45, 2.75) is 45.3 Å². The van der Waals surface area contributed by atoms with Crippen LogP contribution in [-0.2, 0) is 6.54 Å². The summed E-state index contributed by atoms with van der Waals surface area (Å²) in [7, 11) is 2.18. The van der Waals surface area contributed by atoms with E-state index in [1.807, 2.05) is 12.1 Å². The number of nitrogens with one attached hydrogen (secondary N) is 1. The lowest BCUT2D eigenvalue weighted by atomic mass is 10.0. The molecule has 0 amide bonds. The molecule has 0 bridgehead atoms. The lowest BCUT2D eigenvalue weighted by Gasteiger charge is -2.38. The van der Waals surface area contributed by atoms with Gasteiger partial charge in [0.05, 0.1) is 12.8 Å². The van der Waals surface area contributed by atoms with Crippen LogP contribution in [0.5, 0.6) is 0 Å². The van der Waals surface area contributed by atoms with Crippen molar-refractivity contribution in [3.05, 3.63) is 24.2 Å². The molecular formula is C15H25N3OS. The highest BCUT2D eigenvalue weighted by molar-refractivity contribution is 7.80. The molecule has 0 spiro atoms. The van der Waals surface area contributed by atoms with Crippen LogP contribution in [-0.4, -0.2) is 47.1 Å². The van der Waals surface area contributed by atoms with Crippen LogP contribution in [0.1, 0.15) is 32.4 Å². The molecule has 5 heteroatoms. The molecule has 0 saturated carbocycles. The molecule has 1 saturated heterocycles. The third kappa shape index (κ3) is 4.21. The van der Waals surface area contributed by atoms with E-state index in [0.717, 1.165) is 43.3 Å². The Morgan fingerprint density at radius 1 is 1.50 bits per heavy atom. The standard InChI is InChI=1S/C15H25N3OS/c1-12(2)16-15(20)18(11-14-5-4-10-19-14)13-6-8-17(3)9-7-13/h4-5,10,12-13H,6-9,11H2,1-3H3,(H,16,20). The van der Waals surface area contributed by atoms with E-state index in [1.165, 1.54) is 0 Å². The fraction of sp³-hybridized carbons (Fsp3) is 0.667. The largest absolute Gasteiger partial charge is 0.467 e. The second-order valence-corrected chi connectivity index (χ2v) is 6.23. The normalized spacial score (nSPS) is 17.4. The van der Waals surface area contributed by atoms with E-state index in [4.69, 9.17) is 16.6 Å². The fourth-order valence-corrected chi connectivity index (χ4v) is 3.02. The second kappa shape index (κ2) is 7.09. The van der Waals surface area contributed by atoms with Gasteiger partial charge in [-0.25, -0.2) is 0 Å². The molecule has 20 heavy (non-hydrogen) atoms. The van der Waals surface area contributed by atoms with E-state index in [1.54, 1.807) is 6.26 Å². The summed E-state index contributed by atoms with van der Waals surface area (Å²) in [4.78, 5) is 4.67. The highest BCUT2D eigenvalue weighted by Crippen LogP contribution is 2.19. The maximum Gasteiger partial charge on any atom is 0.169 e. The van der Waals surface area contributed by atoms with Crippen molar-refractivity contribution in [3.8, 4) is 0 Å². The highest BCUT2D eigenvalue weighted by atomic mass is 32.1. The van der Waals surface area contributed by atoms with Gasteiger partial charge < -0.3 is 19.5 Å². The topological polar surface area (TPSA) is 31.6 Å². The summed E-state index contributed by atoms with van der Waals surface area (Å²) in [6, 6.07) is 4.80. The number of rotatable bonds is 4. The average molecular weight is 295 g/mol. The van der Waals surface area contributed by atoms with Crippen molar-refractivity contribution in [1.82, 2.24) is 15.1 Å². The summed E-state index contributed by atoms with van der Waals surface area (Å²) in [6.07, 6.45) is 4.02. The summed E-state index contributed by atoms with van der Waals surface area (Å²) < 4.78 is 5.49. The first-order valence-corrected chi connectivity index (χ1v) is 7.75. The van der Waals surface area contributed by atoms with Crippen LogP contribution >= 0.6 is 12.2 Å². The van der Waals surface area contributed by atoms with E-state index in [0.29, 0.717) is 12.1 Å². The summed E-state index contributed by atoms with van der Waals surface area (Å²) in [6.45, 7) is 7.24. The number of hydrogen-bond donors (Lipinski definition) is 1. The van der Waals surface area contributed by atoms with Gasteiger partial charge in [-0.15, -0.1) is 0 Å².